The van der Waals surface area contributed by atoms with Crippen molar-refractivity contribution in [3.05, 3.63) is 35.4 Å². The van der Waals surface area contributed by atoms with Gasteiger partial charge in [0.25, 0.3) is 0 Å². The van der Waals surface area contributed by atoms with Crippen molar-refractivity contribution < 1.29 is 0 Å². The molecular weight excluding hydrogens is 158 g/mol. The van der Waals surface area contributed by atoms with Crippen molar-refractivity contribution >= 4 is 0 Å². The van der Waals surface area contributed by atoms with Crippen LogP contribution in [0.15, 0.2) is 24.3 Å². The number of rotatable bonds is 3. The molecule has 0 unspecified atom stereocenters. The third-order valence-corrected chi connectivity index (χ3v) is 2.93. The molecule has 2 rings (SSSR count). The average Bonchev–Trinajstić information content (AvgIpc) is 2.84. The predicted octanol–water partition coefficient (Wildman–Crippen LogP) is 2.28. The van der Waals surface area contributed by atoms with E-state index in [1.807, 2.05) is 0 Å². The predicted molar refractivity (Wildman–Crippen MR) is 55.7 cm³/mol. The highest BCUT2D eigenvalue weighted by atomic mass is 14.8. The zero-order valence-corrected chi connectivity index (χ0v) is 8.22. The van der Waals surface area contributed by atoms with E-state index in [0.717, 1.165) is 12.8 Å². The van der Waals surface area contributed by atoms with Crippen LogP contribution in [0.2, 0.25) is 0 Å². The Hall–Kier alpha value is -0.820. The van der Waals surface area contributed by atoms with Crippen molar-refractivity contribution in [1.29, 1.82) is 0 Å². The van der Waals surface area contributed by atoms with Crippen molar-refractivity contribution in [2.45, 2.75) is 38.1 Å². The van der Waals surface area contributed by atoms with E-state index in [2.05, 4.69) is 31.2 Å². The lowest BCUT2D eigenvalue weighted by atomic mass is 9.98. The van der Waals surface area contributed by atoms with Gasteiger partial charge < -0.3 is 5.73 Å². The summed E-state index contributed by atoms with van der Waals surface area (Å²) in [6, 6.07) is 8.64. The maximum absolute atomic E-state index is 6.10. The van der Waals surface area contributed by atoms with Crippen molar-refractivity contribution in [2.24, 2.45) is 5.73 Å². The lowest BCUT2D eigenvalue weighted by Gasteiger charge is -2.11. The van der Waals surface area contributed by atoms with Crippen LogP contribution in [-0.4, -0.2) is 5.54 Å². The van der Waals surface area contributed by atoms with Gasteiger partial charge in [-0.05, 0) is 36.8 Å². The molecule has 1 aromatic rings. The van der Waals surface area contributed by atoms with Gasteiger partial charge in [0, 0.05) is 5.54 Å². The molecule has 1 aliphatic rings. The standard InChI is InChI=1S/C12H17N/c1-2-10-5-3-4-6-11(10)9-12(13)7-8-12/h3-6H,2,7-9,13H2,1H3. The second-order valence-electron chi connectivity index (χ2n) is 4.16. The smallest absolute Gasteiger partial charge is 0.0196 e. The van der Waals surface area contributed by atoms with E-state index < -0.39 is 0 Å². The molecule has 0 bridgehead atoms. The average molecular weight is 175 g/mol. The summed E-state index contributed by atoms with van der Waals surface area (Å²) in [5, 5.41) is 0. The third kappa shape index (κ3) is 1.92. The van der Waals surface area contributed by atoms with Gasteiger partial charge in [-0.15, -0.1) is 0 Å². The number of hydrogen-bond donors (Lipinski definition) is 1. The minimum Gasteiger partial charge on any atom is -0.325 e. The van der Waals surface area contributed by atoms with Crippen LogP contribution in [0.3, 0.4) is 0 Å². The molecule has 0 aromatic heterocycles. The van der Waals surface area contributed by atoms with Crippen LogP contribution in [0.1, 0.15) is 30.9 Å². The normalized spacial score (nSPS) is 18.6. The van der Waals surface area contributed by atoms with Crippen LogP contribution in [0.5, 0.6) is 0 Å². The van der Waals surface area contributed by atoms with Crippen LogP contribution in [0.4, 0.5) is 0 Å². The Kier molecular flexibility index (Phi) is 2.12. The van der Waals surface area contributed by atoms with Gasteiger partial charge in [0.15, 0.2) is 0 Å². The Labute approximate surface area is 80.0 Å². The SMILES string of the molecule is CCc1ccccc1CC1(N)CC1. The summed E-state index contributed by atoms with van der Waals surface area (Å²) in [7, 11) is 0. The van der Waals surface area contributed by atoms with Crippen LogP contribution < -0.4 is 5.73 Å². The summed E-state index contributed by atoms with van der Waals surface area (Å²) >= 11 is 0. The maximum Gasteiger partial charge on any atom is 0.0196 e. The first-order valence-electron chi connectivity index (χ1n) is 5.09. The molecule has 1 aromatic carbocycles. The molecule has 13 heavy (non-hydrogen) atoms. The topological polar surface area (TPSA) is 26.0 Å². The van der Waals surface area contributed by atoms with Crippen molar-refractivity contribution in [2.75, 3.05) is 0 Å². The fourth-order valence-electron chi connectivity index (χ4n) is 1.79. The second-order valence-corrected chi connectivity index (χ2v) is 4.16. The molecule has 0 aliphatic heterocycles. The van der Waals surface area contributed by atoms with Crippen LogP contribution >= 0.6 is 0 Å². The second kappa shape index (κ2) is 3.15. The van der Waals surface area contributed by atoms with E-state index in [0.29, 0.717) is 0 Å². The molecule has 1 fully saturated rings. The van der Waals surface area contributed by atoms with Gasteiger partial charge in [0.2, 0.25) is 0 Å². The van der Waals surface area contributed by atoms with E-state index >= 15 is 0 Å². The summed E-state index contributed by atoms with van der Waals surface area (Å²) in [5.74, 6) is 0. The molecule has 0 radical (unpaired) electrons. The Morgan fingerprint density at radius 3 is 2.38 bits per heavy atom. The molecular formula is C12H17N. The fraction of sp³-hybridized carbons (Fsp3) is 0.500. The monoisotopic (exact) mass is 175 g/mol. The van der Waals surface area contributed by atoms with Crippen LogP contribution in [-0.2, 0) is 12.8 Å². The van der Waals surface area contributed by atoms with Crippen LogP contribution in [0.25, 0.3) is 0 Å². The fourth-order valence-corrected chi connectivity index (χ4v) is 1.79. The van der Waals surface area contributed by atoms with E-state index in [4.69, 9.17) is 5.73 Å². The molecule has 0 saturated heterocycles. The first-order chi connectivity index (χ1) is 6.23. The molecule has 2 N–H and O–H groups in total. The highest BCUT2D eigenvalue weighted by molar-refractivity contribution is 5.30. The van der Waals surface area contributed by atoms with Crippen molar-refractivity contribution in [1.82, 2.24) is 0 Å². The first-order valence-corrected chi connectivity index (χ1v) is 5.09. The van der Waals surface area contributed by atoms with E-state index in [1.165, 1.54) is 24.0 Å². The summed E-state index contributed by atoms with van der Waals surface area (Å²) in [5.41, 5.74) is 9.15. The first kappa shape index (κ1) is 8.76. The van der Waals surface area contributed by atoms with E-state index in [1.54, 1.807) is 0 Å². The quantitative estimate of drug-likeness (QED) is 0.749. The van der Waals surface area contributed by atoms with Crippen LogP contribution in [0, 0.1) is 0 Å². The highest BCUT2D eigenvalue weighted by Gasteiger charge is 2.38. The largest absolute Gasteiger partial charge is 0.325 e. The Balaban J connectivity index is 2.18. The minimum atomic E-state index is 0.144. The molecule has 0 spiro atoms. The lowest BCUT2D eigenvalue weighted by molar-refractivity contribution is 0.667. The lowest BCUT2D eigenvalue weighted by Crippen LogP contribution is -2.25. The van der Waals surface area contributed by atoms with Gasteiger partial charge in [-0.1, -0.05) is 31.2 Å². The molecule has 1 aliphatic carbocycles. The number of hydrogen-bond acceptors (Lipinski definition) is 1. The molecule has 1 nitrogen and oxygen atoms in total. The molecule has 0 heterocycles. The summed E-state index contributed by atoms with van der Waals surface area (Å²) in [4.78, 5) is 0. The molecule has 0 atom stereocenters. The van der Waals surface area contributed by atoms with Gasteiger partial charge in [-0.2, -0.15) is 0 Å². The summed E-state index contributed by atoms with van der Waals surface area (Å²) < 4.78 is 0. The zero-order valence-electron chi connectivity index (χ0n) is 8.22. The molecule has 1 saturated carbocycles. The minimum absolute atomic E-state index is 0.144. The number of nitrogens with two attached hydrogens (primary N) is 1. The van der Waals surface area contributed by atoms with Gasteiger partial charge >= 0.3 is 0 Å². The zero-order chi connectivity index (χ0) is 9.31. The van der Waals surface area contributed by atoms with Crippen molar-refractivity contribution in [3.63, 3.8) is 0 Å². The van der Waals surface area contributed by atoms with E-state index in [-0.39, 0.29) is 5.54 Å². The maximum atomic E-state index is 6.10. The number of benzene rings is 1. The summed E-state index contributed by atoms with van der Waals surface area (Å²) in [6.07, 6.45) is 4.58. The number of aryl methyl sites for hydroxylation is 1. The van der Waals surface area contributed by atoms with Gasteiger partial charge in [-0.3, -0.25) is 0 Å². The third-order valence-electron chi connectivity index (χ3n) is 2.93. The summed E-state index contributed by atoms with van der Waals surface area (Å²) in [6.45, 7) is 2.20. The molecule has 70 valence electrons. The van der Waals surface area contributed by atoms with E-state index in [9.17, 15) is 0 Å². The highest BCUT2D eigenvalue weighted by Crippen LogP contribution is 2.36. The van der Waals surface area contributed by atoms with Gasteiger partial charge in [-0.25, -0.2) is 0 Å². The van der Waals surface area contributed by atoms with Gasteiger partial charge in [0.05, 0.1) is 0 Å². The van der Waals surface area contributed by atoms with Crippen molar-refractivity contribution in [3.8, 4) is 0 Å². The molecule has 0 amide bonds. The Morgan fingerprint density at radius 2 is 1.85 bits per heavy atom. The molecule has 1 heteroatoms. The van der Waals surface area contributed by atoms with Gasteiger partial charge in [0.1, 0.15) is 0 Å². The Morgan fingerprint density at radius 1 is 1.23 bits per heavy atom. The Bertz CT molecular complexity index is 300.